The predicted molar refractivity (Wildman–Crippen MR) is 92.1 cm³/mol. The van der Waals surface area contributed by atoms with Gasteiger partial charge in [0.2, 0.25) is 5.89 Å². The summed E-state index contributed by atoms with van der Waals surface area (Å²) in [5, 5.41) is 7.72. The van der Waals surface area contributed by atoms with Gasteiger partial charge in [-0.2, -0.15) is 0 Å². The van der Waals surface area contributed by atoms with E-state index in [1.165, 1.54) is 0 Å². The Kier molecular flexibility index (Phi) is 4.25. The smallest absolute Gasteiger partial charge is 0.264 e. The van der Waals surface area contributed by atoms with Crippen molar-refractivity contribution in [2.24, 2.45) is 0 Å². The van der Waals surface area contributed by atoms with Gasteiger partial charge in [0.25, 0.3) is 15.9 Å². The van der Waals surface area contributed by atoms with Gasteiger partial charge in [0.1, 0.15) is 16.3 Å². The van der Waals surface area contributed by atoms with E-state index >= 15 is 0 Å². The number of anilines is 1. The highest BCUT2D eigenvalue weighted by molar-refractivity contribution is 7.92. The van der Waals surface area contributed by atoms with Crippen molar-refractivity contribution >= 4 is 15.7 Å². The molecular formula is C16H18N4O4S. The van der Waals surface area contributed by atoms with Crippen LogP contribution in [0, 0.1) is 20.8 Å². The molecule has 0 aliphatic heterocycles. The number of rotatable bonds is 5. The zero-order chi connectivity index (χ0) is 18.2. The molecule has 2 aromatic heterocycles. The highest BCUT2D eigenvalue weighted by Crippen LogP contribution is 2.31. The first-order valence-electron chi connectivity index (χ1n) is 7.48. The second-order valence-electron chi connectivity index (χ2n) is 5.54. The average molecular weight is 362 g/mol. The molecule has 0 aliphatic rings. The fraction of sp³-hybridized carbons (Fsp3) is 0.250. The van der Waals surface area contributed by atoms with Crippen molar-refractivity contribution in [3.63, 3.8) is 0 Å². The molecule has 3 rings (SSSR count). The van der Waals surface area contributed by atoms with Crippen LogP contribution in [0.25, 0.3) is 11.6 Å². The minimum absolute atomic E-state index is 0.161. The van der Waals surface area contributed by atoms with E-state index in [9.17, 15) is 8.42 Å². The average Bonchev–Trinajstić information content (AvgIpc) is 3.11. The van der Waals surface area contributed by atoms with Crippen molar-refractivity contribution in [1.82, 2.24) is 15.2 Å². The SMILES string of the molecule is COc1ccc(NS(=O)(=O)c2c(C)[nH]c(-c3nnc(C)o3)c2C)cc1. The maximum Gasteiger partial charge on any atom is 0.264 e. The number of sulfonamides is 1. The number of nitrogens with one attached hydrogen (secondary N) is 2. The normalized spacial score (nSPS) is 11.5. The van der Waals surface area contributed by atoms with Crippen LogP contribution in [0.4, 0.5) is 5.69 Å². The second kappa shape index (κ2) is 6.25. The number of aromatic amines is 1. The molecule has 0 amide bonds. The largest absolute Gasteiger partial charge is 0.497 e. The van der Waals surface area contributed by atoms with E-state index < -0.39 is 10.0 Å². The molecule has 3 aromatic rings. The van der Waals surface area contributed by atoms with E-state index in [0.717, 1.165) is 0 Å². The summed E-state index contributed by atoms with van der Waals surface area (Å²) in [6.45, 7) is 5.05. The number of hydrogen-bond donors (Lipinski definition) is 2. The molecule has 132 valence electrons. The summed E-state index contributed by atoms with van der Waals surface area (Å²) >= 11 is 0. The number of aromatic nitrogens is 3. The van der Waals surface area contributed by atoms with Gasteiger partial charge in [-0.15, -0.1) is 10.2 Å². The van der Waals surface area contributed by atoms with Crippen molar-refractivity contribution in [2.45, 2.75) is 25.7 Å². The zero-order valence-electron chi connectivity index (χ0n) is 14.2. The van der Waals surface area contributed by atoms with Gasteiger partial charge < -0.3 is 14.1 Å². The highest BCUT2D eigenvalue weighted by Gasteiger charge is 2.26. The molecule has 0 aliphatic carbocycles. The number of methoxy groups -OCH3 is 1. The quantitative estimate of drug-likeness (QED) is 0.722. The molecule has 0 fully saturated rings. The topological polar surface area (TPSA) is 110 Å². The number of ether oxygens (including phenoxy) is 1. The second-order valence-corrected chi connectivity index (χ2v) is 7.16. The maximum atomic E-state index is 12.8. The first-order valence-corrected chi connectivity index (χ1v) is 8.96. The summed E-state index contributed by atoms with van der Waals surface area (Å²) in [5.74, 6) is 1.30. The third kappa shape index (κ3) is 3.22. The molecule has 2 N–H and O–H groups in total. The summed E-state index contributed by atoms with van der Waals surface area (Å²) in [7, 11) is -2.24. The lowest BCUT2D eigenvalue weighted by Gasteiger charge is -2.09. The van der Waals surface area contributed by atoms with Gasteiger partial charge in [-0.05, 0) is 38.1 Å². The molecule has 25 heavy (non-hydrogen) atoms. The van der Waals surface area contributed by atoms with Gasteiger partial charge in [0.15, 0.2) is 0 Å². The molecule has 0 spiro atoms. The third-order valence-corrected chi connectivity index (χ3v) is 5.37. The number of aryl methyl sites for hydroxylation is 2. The molecule has 0 unspecified atom stereocenters. The molecule has 0 atom stereocenters. The van der Waals surface area contributed by atoms with Gasteiger partial charge >= 0.3 is 0 Å². The van der Waals surface area contributed by atoms with Crippen LogP contribution in [0.5, 0.6) is 5.75 Å². The molecule has 8 nitrogen and oxygen atoms in total. The molecule has 0 saturated carbocycles. The van der Waals surface area contributed by atoms with Crippen LogP contribution in [-0.4, -0.2) is 30.7 Å². The summed E-state index contributed by atoms with van der Waals surface area (Å²) < 4.78 is 38.7. The lowest BCUT2D eigenvalue weighted by atomic mass is 10.2. The molecule has 0 saturated heterocycles. The number of benzene rings is 1. The Hall–Kier alpha value is -2.81. The van der Waals surface area contributed by atoms with Crippen molar-refractivity contribution in [3.8, 4) is 17.3 Å². The van der Waals surface area contributed by atoms with Crippen LogP contribution in [-0.2, 0) is 10.0 Å². The molecule has 0 radical (unpaired) electrons. The van der Waals surface area contributed by atoms with Crippen LogP contribution in [0.1, 0.15) is 17.1 Å². The van der Waals surface area contributed by atoms with Crippen LogP contribution in [0.15, 0.2) is 33.6 Å². The minimum Gasteiger partial charge on any atom is -0.497 e. The molecular weight excluding hydrogens is 344 g/mol. The Morgan fingerprint density at radius 3 is 2.36 bits per heavy atom. The Balaban J connectivity index is 1.98. The lowest BCUT2D eigenvalue weighted by Crippen LogP contribution is -2.14. The molecule has 0 bridgehead atoms. The van der Waals surface area contributed by atoms with Crippen LogP contribution in [0.2, 0.25) is 0 Å². The Morgan fingerprint density at radius 2 is 1.80 bits per heavy atom. The fourth-order valence-electron chi connectivity index (χ4n) is 2.61. The monoisotopic (exact) mass is 362 g/mol. The first-order chi connectivity index (χ1) is 11.8. The summed E-state index contributed by atoms with van der Waals surface area (Å²) in [6.07, 6.45) is 0. The van der Waals surface area contributed by atoms with Crippen molar-refractivity contribution in [2.75, 3.05) is 11.8 Å². The van der Waals surface area contributed by atoms with Crippen LogP contribution in [0.3, 0.4) is 0 Å². The van der Waals surface area contributed by atoms with Crippen molar-refractivity contribution in [1.29, 1.82) is 0 Å². The standard InChI is InChI=1S/C16H18N4O4S/c1-9-14(16-19-18-11(3)24-16)17-10(2)15(9)25(21,22)20-12-5-7-13(23-4)8-6-12/h5-8,17,20H,1-4H3. The predicted octanol–water partition coefficient (Wildman–Crippen LogP) is 2.80. The maximum absolute atomic E-state index is 12.8. The van der Waals surface area contributed by atoms with Gasteiger partial charge in [-0.3, -0.25) is 4.72 Å². The van der Waals surface area contributed by atoms with E-state index in [1.807, 2.05) is 0 Å². The fourth-order valence-corrected chi connectivity index (χ4v) is 4.12. The minimum atomic E-state index is -3.79. The van der Waals surface area contributed by atoms with Gasteiger partial charge in [-0.1, -0.05) is 0 Å². The van der Waals surface area contributed by atoms with E-state index in [1.54, 1.807) is 52.1 Å². The lowest BCUT2D eigenvalue weighted by molar-refractivity contribution is 0.415. The van der Waals surface area contributed by atoms with Crippen LogP contribution >= 0.6 is 0 Å². The van der Waals surface area contributed by atoms with Crippen molar-refractivity contribution < 1.29 is 17.6 Å². The molecule has 9 heteroatoms. The highest BCUT2D eigenvalue weighted by atomic mass is 32.2. The Bertz CT molecular complexity index is 1000. The Labute approximate surface area is 145 Å². The first kappa shape index (κ1) is 17.0. The summed E-state index contributed by atoms with van der Waals surface area (Å²) in [4.78, 5) is 3.18. The van der Waals surface area contributed by atoms with Crippen LogP contribution < -0.4 is 9.46 Å². The van der Waals surface area contributed by atoms with Gasteiger partial charge in [0, 0.05) is 23.9 Å². The van der Waals surface area contributed by atoms with E-state index in [-0.39, 0.29) is 10.8 Å². The number of nitrogens with zero attached hydrogens (tertiary/aromatic N) is 2. The third-order valence-electron chi connectivity index (χ3n) is 3.72. The van der Waals surface area contributed by atoms with E-state index in [2.05, 4.69) is 19.9 Å². The summed E-state index contributed by atoms with van der Waals surface area (Å²) in [5.41, 5.74) is 1.94. The molecule has 2 heterocycles. The van der Waals surface area contributed by atoms with Gasteiger partial charge in [-0.25, -0.2) is 8.42 Å². The van der Waals surface area contributed by atoms with Crippen molar-refractivity contribution in [3.05, 3.63) is 41.4 Å². The van der Waals surface area contributed by atoms with E-state index in [4.69, 9.17) is 9.15 Å². The van der Waals surface area contributed by atoms with Gasteiger partial charge in [0.05, 0.1) is 7.11 Å². The number of H-pyrrole nitrogens is 1. The number of hydrogen-bond acceptors (Lipinski definition) is 6. The Morgan fingerprint density at radius 1 is 1.12 bits per heavy atom. The summed E-state index contributed by atoms with van der Waals surface area (Å²) in [6, 6.07) is 6.63. The zero-order valence-corrected chi connectivity index (χ0v) is 15.1. The van der Waals surface area contributed by atoms with E-state index in [0.29, 0.717) is 34.3 Å². The molecule has 1 aromatic carbocycles.